The van der Waals surface area contributed by atoms with Crippen LogP contribution in [0.1, 0.15) is 35.1 Å². The lowest BCUT2D eigenvalue weighted by Gasteiger charge is -2.36. The summed E-state index contributed by atoms with van der Waals surface area (Å²) >= 11 is 0. The van der Waals surface area contributed by atoms with Gasteiger partial charge in [0.1, 0.15) is 0 Å². The summed E-state index contributed by atoms with van der Waals surface area (Å²) < 4.78 is 0. The Kier molecular flexibility index (Phi) is 2.95. The molecule has 0 spiro atoms. The summed E-state index contributed by atoms with van der Waals surface area (Å²) in [5.74, 6) is -0.453. The first-order chi connectivity index (χ1) is 12.6. The van der Waals surface area contributed by atoms with E-state index in [0.717, 1.165) is 33.0 Å². The Labute approximate surface area is 148 Å². The van der Waals surface area contributed by atoms with E-state index in [-0.39, 0.29) is 16.3 Å². The molecular formula is C20H14N2O4. The molecule has 3 aromatic carbocycles. The molecule has 0 heterocycles. The van der Waals surface area contributed by atoms with Gasteiger partial charge in [-0.05, 0) is 33.0 Å². The van der Waals surface area contributed by atoms with Crippen LogP contribution in [0.3, 0.4) is 0 Å². The molecule has 6 heteroatoms. The Balaban J connectivity index is 1.96. The summed E-state index contributed by atoms with van der Waals surface area (Å²) in [6, 6.07) is 15.3. The topological polar surface area (TPSA) is 86.3 Å². The molecule has 0 fully saturated rings. The van der Waals surface area contributed by atoms with Crippen LogP contribution in [0.25, 0.3) is 21.9 Å². The normalized spacial score (nSPS) is 22.7. The molecule has 0 amide bonds. The second-order valence-electron chi connectivity index (χ2n) is 6.93. The van der Waals surface area contributed by atoms with Gasteiger partial charge in [-0.2, -0.15) is 0 Å². The number of fused-ring (bicyclic) bond motifs is 3. The minimum atomic E-state index is -1.04. The Morgan fingerprint density at radius 1 is 0.808 bits per heavy atom. The van der Waals surface area contributed by atoms with E-state index < -0.39 is 18.0 Å². The standard InChI is InChI=1S/C20H14N2O4/c23-21(24)16-10-17(22(25)26)19-14-6-2-1-5-12(14)13-7-3-4-11-8-9-15(16)20(19)18(11)13/h1-9,16-17,19H,10H2. The van der Waals surface area contributed by atoms with Crippen molar-refractivity contribution >= 4 is 10.8 Å². The molecular weight excluding hydrogens is 332 g/mol. The van der Waals surface area contributed by atoms with Gasteiger partial charge < -0.3 is 0 Å². The summed E-state index contributed by atoms with van der Waals surface area (Å²) in [4.78, 5) is 22.8. The molecule has 0 aromatic heterocycles. The van der Waals surface area contributed by atoms with E-state index in [0.29, 0.717) is 5.56 Å². The second-order valence-corrected chi connectivity index (χ2v) is 6.93. The van der Waals surface area contributed by atoms with Crippen molar-refractivity contribution < 1.29 is 9.85 Å². The number of hydrogen-bond acceptors (Lipinski definition) is 4. The van der Waals surface area contributed by atoms with Gasteiger partial charge in [-0.3, -0.25) is 20.2 Å². The third-order valence-electron chi connectivity index (χ3n) is 5.75. The van der Waals surface area contributed by atoms with E-state index in [1.807, 2.05) is 48.5 Å². The number of hydrogen-bond donors (Lipinski definition) is 0. The molecule has 0 saturated heterocycles. The molecule has 3 atom stereocenters. The molecule has 0 aliphatic heterocycles. The number of rotatable bonds is 2. The minimum absolute atomic E-state index is 0.0837. The van der Waals surface area contributed by atoms with E-state index in [1.165, 1.54) is 0 Å². The highest BCUT2D eigenvalue weighted by Gasteiger charge is 2.50. The van der Waals surface area contributed by atoms with Gasteiger partial charge in [-0.25, -0.2) is 0 Å². The van der Waals surface area contributed by atoms with Crippen LogP contribution in [0, 0.1) is 20.2 Å². The maximum atomic E-state index is 11.9. The highest BCUT2D eigenvalue weighted by Crippen LogP contribution is 2.53. The van der Waals surface area contributed by atoms with Crippen LogP contribution in [0.2, 0.25) is 0 Å². The van der Waals surface area contributed by atoms with Crippen LogP contribution in [-0.4, -0.2) is 15.9 Å². The maximum absolute atomic E-state index is 11.9. The zero-order valence-corrected chi connectivity index (χ0v) is 13.7. The zero-order valence-electron chi connectivity index (χ0n) is 13.7. The van der Waals surface area contributed by atoms with Gasteiger partial charge in [-0.15, -0.1) is 0 Å². The lowest BCUT2D eigenvalue weighted by atomic mass is 9.67. The molecule has 3 unspecified atom stereocenters. The largest absolute Gasteiger partial charge is 0.264 e. The Morgan fingerprint density at radius 3 is 2.35 bits per heavy atom. The first kappa shape index (κ1) is 15.0. The molecule has 2 aliphatic carbocycles. The van der Waals surface area contributed by atoms with E-state index in [2.05, 4.69) is 0 Å². The van der Waals surface area contributed by atoms with Crippen LogP contribution < -0.4 is 0 Å². The van der Waals surface area contributed by atoms with E-state index in [4.69, 9.17) is 0 Å². The Hall–Kier alpha value is -3.28. The second kappa shape index (κ2) is 5.11. The average molecular weight is 346 g/mol. The molecule has 0 radical (unpaired) electrons. The number of benzene rings is 3. The smallest absolute Gasteiger partial charge is 0.245 e. The maximum Gasteiger partial charge on any atom is 0.245 e. The molecule has 0 bridgehead atoms. The van der Waals surface area contributed by atoms with Crippen molar-refractivity contribution in [3.05, 3.63) is 91.5 Å². The number of nitro groups is 2. The molecule has 128 valence electrons. The van der Waals surface area contributed by atoms with Crippen molar-refractivity contribution in [2.24, 2.45) is 0 Å². The fourth-order valence-corrected chi connectivity index (χ4v) is 4.74. The van der Waals surface area contributed by atoms with Gasteiger partial charge in [0.05, 0.1) is 12.3 Å². The van der Waals surface area contributed by atoms with Gasteiger partial charge in [0.15, 0.2) is 0 Å². The van der Waals surface area contributed by atoms with E-state index >= 15 is 0 Å². The van der Waals surface area contributed by atoms with Crippen molar-refractivity contribution in [3.8, 4) is 11.1 Å². The SMILES string of the molecule is O=[N+]([O-])C1CC([N+](=O)[O-])C2c3ccccc3-c3cccc4ccc1c2c34. The van der Waals surface area contributed by atoms with Gasteiger partial charge in [0.2, 0.25) is 12.1 Å². The molecule has 0 saturated carbocycles. The minimum Gasteiger partial charge on any atom is -0.264 e. The monoisotopic (exact) mass is 346 g/mol. The summed E-state index contributed by atoms with van der Waals surface area (Å²) in [6.45, 7) is 0. The van der Waals surface area contributed by atoms with E-state index in [9.17, 15) is 20.2 Å². The summed E-state index contributed by atoms with van der Waals surface area (Å²) in [5.41, 5.74) is 4.26. The van der Waals surface area contributed by atoms with Gasteiger partial charge in [0.25, 0.3) is 0 Å². The van der Waals surface area contributed by atoms with Crippen molar-refractivity contribution in [1.82, 2.24) is 0 Å². The van der Waals surface area contributed by atoms with Crippen molar-refractivity contribution in [2.45, 2.75) is 24.4 Å². The Bertz CT molecular complexity index is 1110. The summed E-state index contributed by atoms with van der Waals surface area (Å²) in [7, 11) is 0. The van der Waals surface area contributed by atoms with Crippen LogP contribution in [0.4, 0.5) is 0 Å². The third-order valence-corrected chi connectivity index (χ3v) is 5.75. The van der Waals surface area contributed by atoms with Gasteiger partial charge >= 0.3 is 0 Å². The average Bonchev–Trinajstić information content (AvgIpc) is 2.65. The fraction of sp³-hybridized carbons (Fsp3) is 0.200. The fourth-order valence-electron chi connectivity index (χ4n) is 4.74. The van der Waals surface area contributed by atoms with Crippen LogP contribution >= 0.6 is 0 Å². The molecule has 3 aromatic rings. The van der Waals surface area contributed by atoms with Crippen LogP contribution in [0.5, 0.6) is 0 Å². The van der Waals surface area contributed by atoms with E-state index in [1.54, 1.807) is 6.07 Å². The van der Waals surface area contributed by atoms with Crippen molar-refractivity contribution in [2.75, 3.05) is 0 Å². The van der Waals surface area contributed by atoms with Gasteiger partial charge in [0, 0.05) is 15.4 Å². The first-order valence-corrected chi connectivity index (χ1v) is 8.49. The third kappa shape index (κ3) is 1.81. The first-order valence-electron chi connectivity index (χ1n) is 8.49. The molecule has 26 heavy (non-hydrogen) atoms. The predicted molar refractivity (Wildman–Crippen MR) is 96.4 cm³/mol. The highest BCUT2D eigenvalue weighted by atomic mass is 16.6. The lowest BCUT2D eigenvalue weighted by Crippen LogP contribution is -2.38. The molecule has 2 aliphatic rings. The lowest BCUT2D eigenvalue weighted by molar-refractivity contribution is -0.569. The quantitative estimate of drug-likeness (QED) is 0.511. The van der Waals surface area contributed by atoms with Gasteiger partial charge in [-0.1, -0.05) is 54.6 Å². The van der Waals surface area contributed by atoms with Crippen LogP contribution in [0.15, 0.2) is 54.6 Å². The predicted octanol–water partition coefficient (Wildman–Crippen LogP) is 4.32. The molecule has 6 nitrogen and oxygen atoms in total. The Morgan fingerprint density at radius 2 is 1.58 bits per heavy atom. The summed E-state index contributed by atoms with van der Waals surface area (Å²) in [6.07, 6.45) is -0.0837. The molecule has 5 rings (SSSR count). The van der Waals surface area contributed by atoms with Crippen LogP contribution in [-0.2, 0) is 0 Å². The van der Waals surface area contributed by atoms with Crippen molar-refractivity contribution in [3.63, 3.8) is 0 Å². The van der Waals surface area contributed by atoms with Crippen molar-refractivity contribution in [1.29, 1.82) is 0 Å². The summed E-state index contributed by atoms with van der Waals surface area (Å²) in [5, 5.41) is 25.4. The highest BCUT2D eigenvalue weighted by molar-refractivity contribution is 6.03. The number of nitrogens with zero attached hydrogens (tertiary/aromatic N) is 2. The molecule has 0 N–H and O–H groups in total. The zero-order chi connectivity index (χ0) is 18.0.